The molecule has 1 aliphatic rings. The molecule has 1 saturated heterocycles. The van der Waals surface area contributed by atoms with Crippen LogP contribution in [0, 0.1) is 0 Å². The average molecular weight is 269 g/mol. The van der Waals surface area contributed by atoms with Gasteiger partial charge in [0.05, 0.1) is 5.56 Å². The van der Waals surface area contributed by atoms with Gasteiger partial charge in [0.1, 0.15) is 12.4 Å². The van der Waals surface area contributed by atoms with Gasteiger partial charge in [0.2, 0.25) is 0 Å². The number of piperidine rings is 1. The largest absolute Gasteiger partial charge is 0.492 e. The molecule has 108 valence electrons. The molecular weight excluding hydrogens is 246 g/mol. The first kappa shape index (κ1) is 17.6. The van der Waals surface area contributed by atoms with Gasteiger partial charge in [0.15, 0.2) is 6.29 Å². The summed E-state index contributed by atoms with van der Waals surface area (Å²) in [5, 5.41) is 0. The minimum Gasteiger partial charge on any atom is -0.492 e. The summed E-state index contributed by atoms with van der Waals surface area (Å²) in [7, 11) is 0. The molecule has 1 heterocycles. The monoisotopic (exact) mass is 269 g/mol. The molecule has 0 radical (unpaired) electrons. The Balaban J connectivity index is 0.00000162. The van der Waals surface area contributed by atoms with E-state index >= 15 is 0 Å². The summed E-state index contributed by atoms with van der Waals surface area (Å²) < 4.78 is 5.66. The summed E-state index contributed by atoms with van der Waals surface area (Å²) in [6.07, 6.45) is 4.79. The summed E-state index contributed by atoms with van der Waals surface area (Å²) >= 11 is 0. The third kappa shape index (κ3) is 5.38. The first-order valence-electron chi connectivity index (χ1n) is 6.29. The van der Waals surface area contributed by atoms with Crippen molar-refractivity contribution in [1.29, 1.82) is 0 Å². The Morgan fingerprint density at radius 1 is 1.11 bits per heavy atom. The van der Waals surface area contributed by atoms with Crippen molar-refractivity contribution in [2.45, 2.75) is 19.3 Å². The Bertz CT molecular complexity index is 364. The van der Waals surface area contributed by atoms with E-state index in [2.05, 4.69) is 4.90 Å². The van der Waals surface area contributed by atoms with Gasteiger partial charge in [-0.15, -0.1) is 0 Å². The molecule has 1 aromatic carbocycles. The van der Waals surface area contributed by atoms with E-state index in [0.717, 1.165) is 12.8 Å². The third-order valence-corrected chi connectivity index (χ3v) is 3.16. The molecule has 0 saturated carbocycles. The molecule has 5 nitrogen and oxygen atoms in total. The fourth-order valence-corrected chi connectivity index (χ4v) is 2.18. The zero-order valence-electron chi connectivity index (χ0n) is 11.1. The van der Waals surface area contributed by atoms with Gasteiger partial charge in [0, 0.05) is 6.54 Å². The number of benzene rings is 1. The number of rotatable bonds is 5. The smallest absolute Gasteiger partial charge is 0.153 e. The van der Waals surface area contributed by atoms with Crippen LogP contribution in [0.2, 0.25) is 0 Å². The fourth-order valence-electron chi connectivity index (χ4n) is 2.18. The molecule has 0 spiro atoms. The van der Waals surface area contributed by atoms with E-state index in [0.29, 0.717) is 17.9 Å². The molecule has 1 fully saturated rings. The van der Waals surface area contributed by atoms with Crippen molar-refractivity contribution in [2.75, 3.05) is 26.2 Å². The van der Waals surface area contributed by atoms with Crippen molar-refractivity contribution in [1.82, 2.24) is 4.90 Å². The predicted octanol–water partition coefficient (Wildman–Crippen LogP) is 0.714. The number of nitrogens with zero attached hydrogens (tertiary/aromatic N) is 1. The maximum Gasteiger partial charge on any atom is 0.153 e. The van der Waals surface area contributed by atoms with E-state index in [-0.39, 0.29) is 11.0 Å². The van der Waals surface area contributed by atoms with Crippen LogP contribution in [-0.4, -0.2) is 48.4 Å². The lowest BCUT2D eigenvalue weighted by Gasteiger charge is -2.26. The lowest BCUT2D eigenvalue weighted by Crippen LogP contribution is -2.33. The van der Waals surface area contributed by atoms with Gasteiger partial charge in [-0.05, 0) is 38.1 Å². The summed E-state index contributed by atoms with van der Waals surface area (Å²) in [5.74, 6) is 0.694. The summed E-state index contributed by atoms with van der Waals surface area (Å²) in [4.78, 5) is 13.2. The molecule has 19 heavy (non-hydrogen) atoms. The highest BCUT2D eigenvalue weighted by molar-refractivity contribution is 5.79. The van der Waals surface area contributed by atoms with Crippen LogP contribution >= 0.6 is 0 Å². The van der Waals surface area contributed by atoms with Gasteiger partial charge in [-0.25, -0.2) is 0 Å². The second-order valence-corrected chi connectivity index (χ2v) is 4.41. The number of ether oxygens (including phenoxy) is 1. The van der Waals surface area contributed by atoms with Gasteiger partial charge in [-0.2, -0.15) is 0 Å². The van der Waals surface area contributed by atoms with E-state index in [9.17, 15) is 4.79 Å². The van der Waals surface area contributed by atoms with Gasteiger partial charge in [-0.3, -0.25) is 9.69 Å². The van der Waals surface area contributed by atoms with E-state index in [1.165, 1.54) is 32.4 Å². The molecule has 5 heteroatoms. The van der Waals surface area contributed by atoms with Crippen LogP contribution in [0.4, 0.5) is 0 Å². The minimum absolute atomic E-state index is 0. The molecule has 0 atom stereocenters. The molecule has 0 amide bonds. The molecule has 1 aliphatic heterocycles. The highest BCUT2D eigenvalue weighted by atomic mass is 16.5. The maximum absolute atomic E-state index is 10.8. The number of likely N-dealkylation sites (tertiary alicyclic amines) is 1. The van der Waals surface area contributed by atoms with Crippen molar-refractivity contribution < 1.29 is 20.5 Å². The summed E-state index contributed by atoms with van der Waals surface area (Å²) in [6, 6.07) is 7.37. The zero-order valence-corrected chi connectivity index (χ0v) is 11.1. The van der Waals surface area contributed by atoms with Crippen LogP contribution < -0.4 is 4.74 Å². The highest BCUT2D eigenvalue weighted by Gasteiger charge is 2.09. The number of aldehydes is 1. The van der Waals surface area contributed by atoms with Gasteiger partial charge in [-0.1, -0.05) is 18.6 Å². The van der Waals surface area contributed by atoms with Crippen LogP contribution in [0.1, 0.15) is 29.6 Å². The normalized spacial score (nSPS) is 14.9. The average Bonchev–Trinajstić information content (AvgIpc) is 2.40. The Morgan fingerprint density at radius 2 is 1.79 bits per heavy atom. The number of carbonyl (C=O) groups excluding carboxylic acids is 1. The number of hydrogen-bond donors (Lipinski definition) is 0. The first-order chi connectivity index (χ1) is 8.40. The Labute approximate surface area is 113 Å². The van der Waals surface area contributed by atoms with Crippen LogP contribution in [0.25, 0.3) is 0 Å². The molecule has 0 aromatic heterocycles. The van der Waals surface area contributed by atoms with Gasteiger partial charge in [0.25, 0.3) is 0 Å². The summed E-state index contributed by atoms with van der Waals surface area (Å²) in [5.41, 5.74) is 0.631. The molecule has 0 unspecified atom stereocenters. The third-order valence-electron chi connectivity index (χ3n) is 3.16. The summed E-state index contributed by atoms with van der Waals surface area (Å²) in [6.45, 7) is 3.97. The number of hydrogen-bond acceptors (Lipinski definition) is 3. The minimum atomic E-state index is 0. The number of para-hydroxylation sites is 1. The molecule has 1 aromatic rings. The Kier molecular flexibility index (Phi) is 8.78. The molecule has 2 rings (SSSR count). The van der Waals surface area contributed by atoms with Crippen LogP contribution in [0.3, 0.4) is 0 Å². The maximum atomic E-state index is 10.8. The van der Waals surface area contributed by atoms with Gasteiger partial charge >= 0.3 is 0 Å². The van der Waals surface area contributed by atoms with Crippen molar-refractivity contribution in [2.24, 2.45) is 0 Å². The van der Waals surface area contributed by atoms with Crippen molar-refractivity contribution in [3.63, 3.8) is 0 Å². The lowest BCUT2D eigenvalue weighted by molar-refractivity contribution is 0.111. The predicted molar refractivity (Wildman–Crippen MR) is 74.8 cm³/mol. The topological polar surface area (TPSA) is 92.5 Å². The Morgan fingerprint density at radius 3 is 2.47 bits per heavy atom. The van der Waals surface area contributed by atoms with Crippen LogP contribution in [0.5, 0.6) is 5.75 Å². The standard InChI is InChI=1S/C14H19NO2.2H2O/c16-12-13-6-2-3-7-14(13)17-11-10-15-8-4-1-5-9-15;;/h2-3,6-7,12H,1,4-5,8-11H2;2*1H2. The lowest BCUT2D eigenvalue weighted by atomic mass is 10.1. The molecular formula is C14H23NO4. The van der Waals surface area contributed by atoms with Crippen molar-refractivity contribution in [3.8, 4) is 5.75 Å². The van der Waals surface area contributed by atoms with Crippen LogP contribution in [-0.2, 0) is 0 Å². The van der Waals surface area contributed by atoms with E-state index in [1.807, 2.05) is 18.2 Å². The molecule has 0 bridgehead atoms. The zero-order chi connectivity index (χ0) is 11.9. The van der Waals surface area contributed by atoms with Gasteiger partial charge < -0.3 is 15.7 Å². The fraction of sp³-hybridized carbons (Fsp3) is 0.500. The van der Waals surface area contributed by atoms with Crippen molar-refractivity contribution >= 4 is 6.29 Å². The van der Waals surface area contributed by atoms with E-state index < -0.39 is 0 Å². The second kappa shape index (κ2) is 9.49. The van der Waals surface area contributed by atoms with Crippen LogP contribution in [0.15, 0.2) is 24.3 Å². The highest BCUT2D eigenvalue weighted by Crippen LogP contribution is 2.15. The first-order valence-corrected chi connectivity index (χ1v) is 6.29. The molecule has 4 N–H and O–H groups in total. The SMILES string of the molecule is O.O.O=Cc1ccccc1OCCN1CCCCC1. The van der Waals surface area contributed by atoms with E-state index in [4.69, 9.17) is 4.74 Å². The second-order valence-electron chi connectivity index (χ2n) is 4.41. The van der Waals surface area contributed by atoms with Crippen molar-refractivity contribution in [3.05, 3.63) is 29.8 Å². The molecule has 0 aliphatic carbocycles. The van der Waals surface area contributed by atoms with E-state index in [1.54, 1.807) is 6.07 Å². The Hall–Kier alpha value is -1.43. The number of carbonyl (C=O) groups is 1. The quantitative estimate of drug-likeness (QED) is 0.737.